The molecule has 0 radical (unpaired) electrons. The van der Waals surface area contributed by atoms with Gasteiger partial charge in [0.05, 0.1) is 12.8 Å². The Morgan fingerprint density at radius 1 is 1.47 bits per heavy atom. The van der Waals surface area contributed by atoms with Gasteiger partial charge in [-0.25, -0.2) is 4.98 Å². The third-order valence-corrected chi connectivity index (χ3v) is 3.53. The lowest BCUT2D eigenvalue weighted by atomic mass is 9.75. The van der Waals surface area contributed by atoms with Gasteiger partial charge < -0.3 is 10.1 Å². The number of methoxy groups -OCH3 is 1. The van der Waals surface area contributed by atoms with Gasteiger partial charge in [0.25, 0.3) is 0 Å². The fraction of sp³-hybridized carbons (Fsp3) is 0.643. The normalized spacial score (nSPS) is 23.1. The van der Waals surface area contributed by atoms with E-state index in [0.29, 0.717) is 17.3 Å². The van der Waals surface area contributed by atoms with Gasteiger partial charge in [-0.2, -0.15) is 0 Å². The zero-order valence-corrected chi connectivity index (χ0v) is 11.0. The van der Waals surface area contributed by atoms with E-state index >= 15 is 0 Å². The van der Waals surface area contributed by atoms with Crippen molar-refractivity contribution < 1.29 is 4.74 Å². The molecule has 1 aromatic heterocycles. The Morgan fingerprint density at radius 3 is 3.00 bits per heavy atom. The summed E-state index contributed by atoms with van der Waals surface area (Å²) in [5, 5.41) is 3.57. The summed E-state index contributed by atoms with van der Waals surface area (Å²) in [6.45, 7) is 4.70. The predicted octanol–water partition coefficient (Wildman–Crippen LogP) is 3.47. The van der Waals surface area contributed by atoms with Crippen molar-refractivity contribution >= 4 is 5.69 Å². The van der Waals surface area contributed by atoms with E-state index in [-0.39, 0.29) is 0 Å². The number of aromatic nitrogens is 1. The lowest BCUT2D eigenvalue weighted by Crippen LogP contribution is -2.31. The second-order valence-corrected chi connectivity index (χ2v) is 5.66. The topological polar surface area (TPSA) is 34.1 Å². The lowest BCUT2D eigenvalue weighted by molar-refractivity contribution is 0.229. The molecule has 1 aliphatic carbocycles. The predicted molar refractivity (Wildman–Crippen MR) is 70.4 cm³/mol. The Bertz CT molecular complexity index is 376. The van der Waals surface area contributed by atoms with Gasteiger partial charge in [0.1, 0.15) is 0 Å². The Balaban J connectivity index is 2.05. The maximum absolute atomic E-state index is 5.27. The highest BCUT2D eigenvalue weighted by atomic mass is 16.5. The van der Waals surface area contributed by atoms with Crippen molar-refractivity contribution in [2.75, 3.05) is 12.4 Å². The van der Waals surface area contributed by atoms with E-state index in [4.69, 9.17) is 4.74 Å². The van der Waals surface area contributed by atoms with Crippen LogP contribution < -0.4 is 10.1 Å². The Morgan fingerprint density at radius 2 is 2.29 bits per heavy atom. The summed E-state index contributed by atoms with van der Waals surface area (Å²) in [6.07, 6.45) is 6.84. The van der Waals surface area contributed by atoms with Crippen molar-refractivity contribution in [2.45, 2.75) is 45.6 Å². The SMILES string of the molecule is COc1ncccc1NC1CCCC(C)(C)C1. The second-order valence-electron chi connectivity index (χ2n) is 5.66. The fourth-order valence-corrected chi connectivity index (χ4v) is 2.70. The minimum Gasteiger partial charge on any atom is -0.480 e. The number of hydrogen-bond donors (Lipinski definition) is 1. The number of anilines is 1. The van der Waals surface area contributed by atoms with Gasteiger partial charge >= 0.3 is 0 Å². The van der Waals surface area contributed by atoms with Crippen LogP contribution >= 0.6 is 0 Å². The van der Waals surface area contributed by atoms with Crippen LogP contribution in [0.4, 0.5) is 5.69 Å². The lowest BCUT2D eigenvalue weighted by Gasteiger charge is -2.36. The molecule has 0 aliphatic heterocycles. The molecule has 2 rings (SSSR count). The van der Waals surface area contributed by atoms with Crippen LogP contribution in [0.3, 0.4) is 0 Å². The number of pyridine rings is 1. The van der Waals surface area contributed by atoms with Gasteiger partial charge in [-0.3, -0.25) is 0 Å². The minimum atomic E-state index is 0.450. The molecule has 1 saturated carbocycles. The Kier molecular flexibility index (Phi) is 3.55. The molecule has 0 amide bonds. The summed E-state index contributed by atoms with van der Waals surface area (Å²) >= 11 is 0. The summed E-state index contributed by atoms with van der Waals surface area (Å²) in [6, 6.07) is 4.52. The summed E-state index contributed by atoms with van der Waals surface area (Å²) in [4.78, 5) is 4.21. The van der Waals surface area contributed by atoms with Crippen LogP contribution in [0.1, 0.15) is 39.5 Å². The summed E-state index contributed by atoms with van der Waals surface area (Å²) in [5.41, 5.74) is 1.46. The van der Waals surface area contributed by atoms with Gasteiger partial charge in [-0.05, 0) is 36.8 Å². The summed E-state index contributed by atoms with van der Waals surface area (Å²) in [5.74, 6) is 0.691. The third kappa shape index (κ3) is 3.11. The monoisotopic (exact) mass is 234 g/mol. The Labute approximate surface area is 104 Å². The maximum Gasteiger partial charge on any atom is 0.237 e. The van der Waals surface area contributed by atoms with Gasteiger partial charge in [0.2, 0.25) is 5.88 Å². The maximum atomic E-state index is 5.27. The van der Waals surface area contributed by atoms with E-state index in [1.807, 2.05) is 12.1 Å². The Hall–Kier alpha value is -1.25. The minimum absolute atomic E-state index is 0.450. The molecule has 3 heteroatoms. The van der Waals surface area contributed by atoms with Gasteiger partial charge in [0.15, 0.2) is 0 Å². The second kappa shape index (κ2) is 4.94. The average molecular weight is 234 g/mol. The van der Waals surface area contributed by atoms with E-state index in [1.54, 1.807) is 13.3 Å². The molecule has 1 heterocycles. The van der Waals surface area contributed by atoms with E-state index < -0.39 is 0 Å². The van der Waals surface area contributed by atoms with Crippen LogP contribution in [-0.2, 0) is 0 Å². The summed E-state index contributed by atoms with van der Waals surface area (Å²) in [7, 11) is 1.67. The van der Waals surface area contributed by atoms with E-state index in [2.05, 4.69) is 24.1 Å². The van der Waals surface area contributed by atoms with E-state index in [9.17, 15) is 0 Å². The molecule has 17 heavy (non-hydrogen) atoms. The molecule has 1 aliphatic rings. The number of nitrogens with one attached hydrogen (secondary N) is 1. The van der Waals surface area contributed by atoms with Crippen LogP contribution in [0, 0.1) is 5.41 Å². The van der Waals surface area contributed by atoms with Crippen molar-refractivity contribution in [1.82, 2.24) is 4.98 Å². The van der Waals surface area contributed by atoms with Crippen LogP contribution in [0.15, 0.2) is 18.3 Å². The van der Waals surface area contributed by atoms with Crippen LogP contribution in [0.5, 0.6) is 5.88 Å². The van der Waals surface area contributed by atoms with Crippen molar-refractivity contribution in [1.29, 1.82) is 0 Å². The molecule has 1 atom stereocenters. The largest absolute Gasteiger partial charge is 0.480 e. The van der Waals surface area contributed by atoms with Crippen LogP contribution in [0.2, 0.25) is 0 Å². The number of hydrogen-bond acceptors (Lipinski definition) is 3. The van der Waals surface area contributed by atoms with Gasteiger partial charge in [0, 0.05) is 12.2 Å². The molecule has 1 N–H and O–H groups in total. The molecule has 0 spiro atoms. The highest BCUT2D eigenvalue weighted by Crippen LogP contribution is 2.37. The van der Waals surface area contributed by atoms with Gasteiger partial charge in [-0.1, -0.05) is 20.3 Å². The zero-order chi connectivity index (χ0) is 12.3. The van der Waals surface area contributed by atoms with Crippen LogP contribution in [-0.4, -0.2) is 18.1 Å². The molecular weight excluding hydrogens is 212 g/mol. The first-order valence-electron chi connectivity index (χ1n) is 6.36. The van der Waals surface area contributed by atoms with Crippen molar-refractivity contribution in [3.63, 3.8) is 0 Å². The standard InChI is InChI=1S/C14H22N2O/c1-14(2)8-4-6-11(10-14)16-12-7-5-9-15-13(12)17-3/h5,7,9,11,16H,4,6,8,10H2,1-3H3. The molecule has 94 valence electrons. The van der Waals surface area contributed by atoms with Crippen molar-refractivity contribution in [2.24, 2.45) is 5.41 Å². The quantitative estimate of drug-likeness (QED) is 0.869. The van der Waals surface area contributed by atoms with E-state index in [1.165, 1.54) is 25.7 Å². The first kappa shape index (κ1) is 12.2. The highest BCUT2D eigenvalue weighted by Gasteiger charge is 2.28. The number of rotatable bonds is 3. The van der Waals surface area contributed by atoms with Crippen molar-refractivity contribution in [3.05, 3.63) is 18.3 Å². The summed E-state index contributed by atoms with van der Waals surface area (Å²) < 4.78 is 5.27. The first-order valence-corrected chi connectivity index (χ1v) is 6.36. The highest BCUT2D eigenvalue weighted by molar-refractivity contribution is 5.52. The number of nitrogens with zero attached hydrogens (tertiary/aromatic N) is 1. The molecule has 1 unspecified atom stereocenters. The van der Waals surface area contributed by atoms with Gasteiger partial charge in [-0.15, -0.1) is 0 Å². The molecule has 0 saturated heterocycles. The first-order chi connectivity index (χ1) is 8.11. The van der Waals surface area contributed by atoms with E-state index in [0.717, 1.165) is 5.69 Å². The van der Waals surface area contributed by atoms with Crippen LogP contribution in [0.25, 0.3) is 0 Å². The third-order valence-electron chi connectivity index (χ3n) is 3.53. The molecule has 1 aromatic rings. The zero-order valence-electron chi connectivity index (χ0n) is 11.0. The molecule has 1 fully saturated rings. The molecular formula is C14H22N2O. The fourth-order valence-electron chi connectivity index (χ4n) is 2.70. The molecule has 0 aromatic carbocycles. The smallest absolute Gasteiger partial charge is 0.237 e. The number of ether oxygens (including phenoxy) is 1. The molecule has 0 bridgehead atoms. The average Bonchev–Trinajstić information content (AvgIpc) is 2.28. The molecule has 3 nitrogen and oxygen atoms in total. The van der Waals surface area contributed by atoms with Crippen molar-refractivity contribution in [3.8, 4) is 5.88 Å².